The standard InChI is InChI=1S/C15H16O2S/c1-12-7-9-14(17-12)10-8-13(16)11-18-15-5-3-2-4-6-15/h2-7,9H,8,10-11H2,1H3. The van der Waals surface area contributed by atoms with Gasteiger partial charge in [0.05, 0.1) is 5.75 Å². The van der Waals surface area contributed by atoms with E-state index < -0.39 is 0 Å². The van der Waals surface area contributed by atoms with Gasteiger partial charge in [-0.2, -0.15) is 0 Å². The summed E-state index contributed by atoms with van der Waals surface area (Å²) in [6.45, 7) is 1.91. The van der Waals surface area contributed by atoms with Crippen molar-refractivity contribution in [2.24, 2.45) is 0 Å². The Hall–Kier alpha value is -1.48. The molecule has 0 atom stereocenters. The first-order valence-electron chi connectivity index (χ1n) is 5.99. The molecule has 0 spiro atoms. The van der Waals surface area contributed by atoms with E-state index in [9.17, 15) is 4.79 Å². The van der Waals surface area contributed by atoms with Gasteiger partial charge >= 0.3 is 0 Å². The maximum atomic E-state index is 11.7. The Balaban J connectivity index is 1.73. The van der Waals surface area contributed by atoms with Crippen molar-refractivity contribution in [2.45, 2.75) is 24.7 Å². The molecule has 2 aromatic rings. The van der Waals surface area contributed by atoms with Crippen molar-refractivity contribution in [3.05, 3.63) is 54.0 Å². The van der Waals surface area contributed by atoms with Crippen LogP contribution in [0.4, 0.5) is 0 Å². The zero-order chi connectivity index (χ0) is 12.8. The Morgan fingerprint density at radius 2 is 1.94 bits per heavy atom. The minimum Gasteiger partial charge on any atom is -0.466 e. The molecular weight excluding hydrogens is 244 g/mol. The molecule has 2 rings (SSSR count). The van der Waals surface area contributed by atoms with Crippen LogP contribution >= 0.6 is 11.8 Å². The van der Waals surface area contributed by atoms with Crippen molar-refractivity contribution in [3.63, 3.8) is 0 Å². The van der Waals surface area contributed by atoms with Crippen molar-refractivity contribution in [2.75, 3.05) is 5.75 Å². The number of furan rings is 1. The van der Waals surface area contributed by atoms with Gasteiger partial charge in [-0.05, 0) is 31.2 Å². The number of thioether (sulfide) groups is 1. The smallest absolute Gasteiger partial charge is 0.143 e. The van der Waals surface area contributed by atoms with Crippen LogP contribution in [0, 0.1) is 6.92 Å². The first kappa shape index (κ1) is 13.0. The van der Waals surface area contributed by atoms with E-state index in [1.165, 1.54) is 0 Å². The second-order valence-electron chi connectivity index (χ2n) is 4.15. The van der Waals surface area contributed by atoms with Crippen molar-refractivity contribution >= 4 is 17.5 Å². The first-order valence-corrected chi connectivity index (χ1v) is 6.97. The molecule has 0 unspecified atom stereocenters. The van der Waals surface area contributed by atoms with Gasteiger partial charge in [-0.15, -0.1) is 11.8 Å². The minimum absolute atomic E-state index is 0.262. The fraction of sp³-hybridized carbons (Fsp3) is 0.267. The number of carbonyl (C=O) groups is 1. The Kier molecular flexibility index (Phi) is 4.65. The number of carbonyl (C=O) groups excluding carboxylic acids is 1. The second kappa shape index (κ2) is 6.45. The molecule has 0 aliphatic heterocycles. The fourth-order valence-corrected chi connectivity index (χ4v) is 2.46. The van der Waals surface area contributed by atoms with E-state index in [2.05, 4.69) is 0 Å². The summed E-state index contributed by atoms with van der Waals surface area (Å²) in [6, 6.07) is 13.9. The van der Waals surface area contributed by atoms with E-state index in [1.54, 1.807) is 11.8 Å². The quantitative estimate of drug-likeness (QED) is 0.738. The van der Waals surface area contributed by atoms with Crippen molar-refractivity contribution in [1.29, 1.82) is 0 Å². The topological polar surface area (TPSA) is 30.2 Å². The predicted octanol–water partition coefficient (Wildman–Crippen LogP) is 3.88. The number of benzene rings is 1. The van der Waals surface area contributed by atoms with E-state index >= 15 is 0 Å². The number of ketones is 1. The van der Waals surface area contributed by atoms with Gasteiger partial charge in [-0.1, -0.05) is 18.2 Å². The van der Waals surface area contributed by atoms with Crippen LogP contribution in [-0.4, -0.2) is 11.5 Å². The summed E-state index contributed by atoms with van der Waals surface area (Å²) in [4.78, 5) is 12.9. The minimum atomic E-state index is 0.262. The molecule has 2 nitrogen and oxygen atoms in total. The first-order chi connectivity index (χ1) is 8.74. The van der Waals surface area contributed by atoms with E-state index in [0.717, 1.165) is 16.4 Å². The molecule has 0 saturated carbocycles. The van der Waals surface area contributed by atoms with Gasteiger partial charge in [-0.25, -0.2) is 0 Å². The van der Waals surface area contributed by atoms with Gasteiger partial charge < -0.3 is 4.42 Å². The monoisotopic (exact) mass is 260 g/mol. The van der Waals surface area contributed by atoms with Crippen molar-refractivity contribution in [1.82, 2.24) is 0 Å². The van der Waals surface area contributed by atoms with Gasteiger partial charge in [0, 0.05) is 17.7 Å². The average molecular weight is 260 g/mol. The molecular formula is C15H16O2S. The lowest BCUT2D eigenvalue weighted by Crippen LogP contribution is -2.02. The lowest BCUT2D eigenvalue weighted by Gasteiger charge is -2.00. The van der Waals surface area contributed by atoms with Gasteiger partial charge in [0.15, 0.2) is 0 Å². The Labute approximate surface area is 111 Å². The molecule has 1 heterocycles. The lowest BCUT2D eigenvalue weighted by atomic mass is 10.2. The highest BCUT2D eigenvalue weighted by Gasteiger charge is 2.06. The lowest BCUT2D eigenvalue weighted by molar-refractivity contribution is -0.116. The Bertz CT molecular complexity index is 502. The summed E-state index contributed by atoms with van der Waals surface area (Å²) in [7, 11) is 0. The summed E-state index contributed by atoms with van der Waals surface area (Å²) >= 11 is 1.59. The number of Topliss-reactive ketones (excluding diaryl/α,β-unsaturated/α-hetero) is 1. The molecule has 0 aliphatic carbocycles. The van der Waals surface area contributed by atoms with E-state index in [1.807, 2.05) is 49.4 Å². The summed E-state index contributed by atoms with van der Waals surface area (Å²) in [5.74, 6) is 2.59. The molecule has 0 amide bonds. The summed E-state index contributed by atoms with van der Waals surface area (Å²) in [5.41, 5.74) is 0. The molecule has 0 saturated heterocycles. The highest BCUT2D eigenvalue weighted by atomic mass is 32.2. The zero-order valence-corrected chi connectivity index (χ0v) is 11.2. The third-order valence-corrected chi connectivity index (χ3v) is 3.66. The molecule has 3 heteroatoms. The molecule has 1 aromatic carbocycles. The second-order valence-corrected chi connectivity index (χ2v) is 5.20. The van der Waals surface area contributed by atoms with Crippen LogP contribution < -0.4 is 0 Å². The molecule has 1 aromatic heterocycles. The van der Waals surface area contributed by atoms with Crippen LogP contribution in [0.3, 0.4) is 0 Å². The van der Waals surface area contributed by atoms with Gasteiger partial charge in [-0.3, -0.25) is 4.79 Å². The SMILES string of the molecule is Cc1ccc(CCC(=O)CSc2ccccc2)o1. The van der Waals surface area contributed by atoms with Crippen LogP contribution in [-0.2, 0) is 11.2 Å². The molecule has 0 bridgehead atoms. The molecule has 0 fully saturated rings. The van der Waals surface area contributed by atoms with Crippen LogP contribution in [0.15, 0.2) is 51.8 Å². The van der Waals surface area contributed by atoms with Crippen LogP contribution in [0.25, 0.3) is 0 Å². The Morgan fingerprint density at radius 1 is 1.17 bits per heavy atom. The van der Waals surface area contributed by atoms with Gasteiger partial charge in [0.2, 0.25) is 0 Å². The van der Waals surface area contributed by atoms with E-state index in [0.29, 0.717) is 18.6 Å². The predicted molar refractivity (Wildman–Crippen MR) is 73.9 cm³/mol. The molecule has 0 N–H and O–H groups in total. The molecule has 18 heavy (non-hydrogen) atoms. The Morgan fingerprint density at radius 3 is 2.61 bits per heavy atom. The average Bonchev–Trinajstić information content (AvgIpc) is 2.81. The zero-order valence-electron chi connectivity index (χ0n) is 10.4. The number of hydrogen-bond donors (Lipinski definition) is 0. The normalized spacial score (nSPS) is 10.5. The largest absolute Gasteiger partial charge is 0.466 e. The van der Waals surface area contributed by atoms with E-state index in [4.69, 9.17) is 4.42 Å². The highest BCUT2D eigenvalue weighted by Crippen LogP contribution is 2.18. The van der Waals surface area contributed by atoms with Gasteiger partial charge in [0.25, 0.3) is 0 Å². The van der Waals surface area contributed by atoms with Crippen LogP contribution in [0.5, 0.6) is 0 Å². The van der Waals surface area contributed by atoms with Crippen LogP contribution in [0.2, 0.25) is 0 Å². The van der Waals surface area contributed by atoms with Crippen LogP contribution in [0.1, 0.15) is 17.9 Å². The van der Waals surface area contributed by atoms with Crippen molar-refractivity contribution < 1.29 is 9.21 Å². The fourth-order valence-electron chi connectivity index (χ4n) is 1.63. The third-order valence-electron chi connectivity index (χ3n) is 2.59. The molecule has 94 valence electrons. The molecule has 0 radical (unpaired) electrons. The third kappa shape index (κ3) is 4.08. The molecule has 0 aliphatic rings. The summed E-state index contributed by atoms with van der Waals surface area (Å²) in [5, 5.41) is 0. The number of aryl methyl sites for hydroxylation is 2. The number of rotatable bonds is 6. The highest BCUT2D eigenvalue weighted by molar-refractivity contribution is 8.00. The van der Waals surface area contributed by atoms with E-state index in [-0.39, 0.29) is 5.78 Å². The van der Waals surface area contributed by atoms with Gasteiger partial charge in [0.1, 0.15) is 17.3 Å². The maximum absolute atomic E-state index is 11.7. The summed E-state index contributed by atoms with van der Waals surface area (Å²) < 4.78 is 5.44. The van der Waals surface area contributed by atoms with Crippen molar-refractivity contribution in [3.8, 4) is 0 Å². The number of hydrogen-bond acceptors (Lipinski definition) is 3. The summed E-state index contributed by atoms with van der Waals surface area (Å²) in [6.07, 6.45) is 1.24. The maximum Gasteiger partial charge on any atom is 0.143 e.